The van der Waals surface area contributed by atoms with E-state index in [1.807, 2.05) is 25.1 Å². The third kappa shape index (κ3) is 2.84. The van der Waals surface area contributed by atoms with E-state index in [2.05, 4.69) is 24.0 Å². The second kappa shape index (κ2) is 6.11. The average molecular weight is 284 g/mol. The molecule has 1 aromatic heterocycles. The van der Waals surface area contributed by atoms with Crippen molar-refractivity contribution in [3.05, 3.63) is 35.4 Å². The van der Waals surface area contributed by atoms with Gasteiger partial charge in [-0.2, -0.15) is 5.26 Å². The molecule has 0 saturated carbocycles. The van der Waals surface area contributed by atoms with E-state index in [0.717, 1.165) is 28.5 Å². The van der Waals surface area contributed by atoms with Crippen molar-refractivity contribution in [2.45, 2.75) is 32.1 Å². The zero-order valence-electron chi connectivity index (χ0n) is 12.7. The molecule has 1 aromatic carbocycles. The van der Waals surface area contributed by atoms with E-state index < -0.39 is 5.41 Å². The molecule has 0 bridgehead atoms. The van der Waals surface area contributed by atoms with Crippen LogP contribution >= 0.6 is 0 Å². The molecular weight excluding hydrogens is 264 g/mol. The van der Waals surface area contributed by atoms with E-state index >= 15 is 0 Å². The second-order valence-electron chi connectivity index (χ2n) is 5.34. The summed E-state index contributed by atoms with van der Waals surface area (Å²) < 4.78 is 5.33. The van der Waals surface area contributed by atoms with E-state index in [1.54, 1.807) is 7.11 Å². The van der Waals surface area contributed by atoms with Crippen molar-refractivity contribution in [1.82, 2.24) is 4.98 Å². The molecule has 0 aliphatic carbocycles. The van der Waals surface area contributed by atoms with Gasteiger partial charge >= 0.3 is 0 Å². The summed E-state index contributed by atoms with van der Waals surface area (Å²) in [6, 6.07) is 10.2. The first-order valence-corrected chi connectivity index (χ1v) is 7.08. The van der Waals surface area contributed by atoms with Gasteiger partial charge in [-0.25, -0.2) is 4.98 Å². The number of hydrogen-bond acceptors (Lipinski definition) is 4. The first-order valence-electron chi connectivity index (χ1n) is 7.08. The van der Waals surface area contributed by atoms with E-state index in [9.17, 15) is 10.4 Å². The number of nitriles is 1. The summed E-state index contributed by atoms with van der Waals surface area (Å²) >= 11 is 0. The monoisotopic (exact) mass is 284 g/mol. The van der Waals surface area contributed by atoms with Crippen molar-refractivity contribution < 1.29 is 9.84 Å². The van der Waals surface area contributed by atoms with Crippen molar-refractivity contribution in [2.24, 2.45) is 0 Å². The van der Waals surface area contributed by atoms with Gasteiger partial charge in [0.15, 0.2) is 0 Å². The number of pyridine rings is 1. The molecule has 2 aromatic rings. The molecule has 1 atom stereocenters. The maximum atomic E-state index is 9.42. The lowest BCUT2D eigenvalue weighted by Gasteiger charge is -2.21. The fraction of sp³-hybridized carbons (Fsp3) is 0.412. The number of rotatable bonds is 5. The fourth-order valence-electron chi connectivity index (χ4n) is 2.45. The van der Waals surface area contributed by atoms with Crippen LogP contribution in [-0.2, 0) is 11.8 Å². The number of aromatic nitrogens is 1. The summed E-state index contributed by atoms with van der Waals surface area (Å²) in [5, 5.41) is 19.6. The van der Waals surface area contributed by atoms with Crippen molar-refractivity contribution in [2.75, 3.05) is 13.7 Å². The molecule has 0 fully saturated rings. The zero-order valence-corrected chi connectivity index (χ0v) is 12.7. The van der Waals surface area contributed by atoms with Gasteiger partial charge in [-0.1, -0.05) is 19.1 Å². The van der Waals surface area contributed by atoms with Gasteiger partial charge in [-0.15, -0.1) is 0 Å². The Balaban J connectivity index is 2.58. The molecular formula is C17H20N2O2. The average Bonchev–Trinajstić information content (AvgIpc) is 2.52. The lowest BCUT2D eigenvalue weighted by Crippen LogP contribution is -2.21. The molecule has 1 heterocycles. The van der Waals surface area contributed by atoms with Gasteiger partial charge < -0.3 is 9.84 Å². The van der Waals surface area contributed by atoms with Gasteiger partial charge in [0, 0.05) is 17.6 Å². The maximum absolute atomic E-state index is 9.42. The van der Waals surface area contributed by atoms with Crippen molar-refractivity contribution in [3.8, 4) is 11.9 Å². The number of aliphatic hydroxyl groups excluding tert-OH is 1. The van der Waals surface area contributed by atoms with Crippen LogP contribution in [0.4, 0.5) is 0 Å². The Morgan fingerprint density at radius 3 is 2.71 bits per heavy atom. The number of hydrogen-bond donors (Lipinski definition) is 1. The largest absolute Gasteiger partial charge is 0.481 e. The number of fused-ring (bicyclic) bond motifs is 1. The molecule has 21 heavy (non-hydrogen) atoms. The molecule has 4 nitrogen and oxygen atoms in total. The van der Waals surface area contributed by atoms with Crippen LogP contribution in [0.3, 0.4) is 0 Å². The molecule has 0 amide bonds. The number of methoxy groups -OCH3 is 1. The van der Waals surface area contributed by atoms with E-state index in [-0.39, 0.29) is 6.61 Å². The van der Waals surface area contributed by atoms with Crippen LogP contribution in [0.15, 0.2) is 24.3 Å². The van der Waals surface area contributed by atoms with Gasteiger partial charge in [0.2, 0.25) is 5.88 Å². The summed E-state index contributed by atoms with van der Waals surface area (Å²) in [4.78, 5) is 4.54. The highest BCUT2D eigenvalue weighted by molar-refractivity contribution is 5.81. The van der Waals surface area contributed by atoms with Crippen LogP contribution in [0, 0.1) is 11.3 Å². The van der Waals surface area contributed by atoms with Crippen LogP contribution in [0.1, 0.15) is 31.4 Å². The Morgan fingerprint density at radius 1 is 1.38 bits per heavy atom. The zero-order chi connectivity index (χ0) is 15.5. The van der Waals surface area contributed by atoms with Crippen LogP contribution in [0.25, 0.3) is 10.9 Å². The minimum Gasteiger partial charge on any atom is -0.481 e. The smallest absolute Gasteiger partial charge is 0.216 e. The standard InChI is InChI=1S/C17H20N2O2/c1-4-12-9-13-5-6-14(17(2,11-18)7-8-20)10-15(13)19-16(12)21-3/h5-6,9-10,20H,4,7-8H2,1-3H3. The van der Waals surface area contributed by atoms with Crippen LogP contribution in [-0.4, -0.2) is 23.8 Å². The van der Waals surface area contributed by atoms with E-state index in [4.69, 9.17) is 4.74 Å². The SMILES string of the molecule is CCc1cc2ccc(C(C)(C#N)CCO)cc2nc1OC. The summed E-state index contributed by atoms with van der Waals surface area (Å²) in [5.74, 6) is 0.628. The van der Waals surface area contributed by atoms with E-state index in [1.165, 1.54) is 0 Å². The van der Waals surface area contributed by atoms with Crippen molar-refractivity contribution >= 4 is 10.9 Å². The second-order valence-corrected chi connectivity index (χ2v) is 5.34. The predicted molar refractivity (Wildman–Crippen MR) is 82.3 cm³/mol. The minimum atomic E-state index is -0.707. The molecule has 4 heteroatoms. The Morgan fingerprint density at radius 2 is 2.14 bits per heavy atom. The minimum absolute atomic E-state index is 0.0202. The topological polar surface area (TPSA) is 66.1 Å². The molecule has 0 spiro atoms. The lowest BCUT2D eigenvalue weighted by molar-refractivity contribution is 0.264. The Bertz CT molecular complexity index is 691. The van der Waals surface area contributed by atoms with Gasteiger partial charge in [-0.05, 0) is 37.5 Å². The number of aliphatic hydroxyl groups is 1. The van der Waals surface area contributed by atoms with Gasteiger partial charge in [0.05, 0.1) is 24.1 Å². The van der Waals surface area contributed by atoms with Crippen LogP contribution in [0.2, 0.25) is 0 Å². The summed E-state index contributed by atoms with van der Waals surface area (Å²) in [7, 11) is 1.61. The Hall–Kier alpha value is -2.12. The van der Waals surface area contributed by atoms with Crippen LogP contribution in [0.5, 0.6) is 5.88 Å². The highest BCUT2D eigenvalue weighted by Crippen LogP contribution is 2.30. The molecule has 110 valence electrons. The first-order chi connectivity index (χ1) is 10.1. The molecule has 0 saturated heterocycles. The number of aryl methyl sites for hydroxylation is 1. The quantitative estimate of drug-likeness (QED) is 0.916. The predicted octanol–water partition coefficient (Wildman–Crippen LogP) is 2.97. The van der Waals surface area contributed by atoms with Gasteiger partial charge in [0.25, 0.3) is 0 Å². The number of nitrogens with zero attached hydrogens (tertiary/aromatic N) is 2. The lowest BCUT2D eigenvalue weighted by atomic mass is 9.81. The molecule has 0 aliphatic rings. The normalized spacial score (nSPS) is 13.7. The third-order valence-electron chi connectivity index (χ3n) is 3.93. The molecule has 1 N–H and O–H groups in total. The Kier molecular flexibility index (Phi) is 4.44. The van der Waals surface area contributed by atoms with Crippen molar-refractivity contribution in [3.63, 3.8) is 0 Å². The van der Waals surface area contributed by atoms with Gasteiger partial charge in [-0.3, -0.25) is 0 Å². The summed E-state index contributed by atoms with van der Waals surface area (Å²) in [6.45, 7) is 3.88. The van der Waals surface area contributed by atoms with Gasteiger partial charge in [0.1, 0.15) is 0 Å². The molecule has 2 rings (SSSR count). The van der Waals surface area contributed by atoms with Crippen molar-refractivity contribution in [1.29, 1.82) is 5.26 Å². The molecule has 0 aliphatic heterocycles. The molecule has 0 radical (unpaired) electrons. The van der Waals surface area contributed by atoms with Crippen LogP contribution < -0.4 is 4.74 Å². The highest BCUT2D eigenvalue weighted by atomic mass is 16.5. The molecule has 1 unspecified atom stereocenters. The highest BCUT2D eigenvalue weighted by Gasteiger charge is 2.26. The van der Waals surface area contributed by atoms with E-state index in [0.29, 0.717) is 12.3 Å². The maximum Gasteiger partial charge on any atom is 0.216 e. The third-order valence-corrected chi connectivity index (χ3v) is 3.93. The first kappa shape index (κ1) is 15.3. The fourth-order valence-corrected chi connectivity index (χ4v) is 2.45. The number of ether oxygens (including phenoxy) is 1. The summed E-state index contributed by atoms with van der Waals surface area (Å²) in [6.07, 6.45) is 1.26. The summed E-state index contributed by atoms with van der Waals surface area (Å²) in [5.41, 5.74) is 2.03. The Labute approximate surface area is 125 Å². The number of benzene rings is 1.